The summed E-state index contributed by atoms with van der Waals surface area (Å²) in [5.41, 5.74) is 2.64. The maximum absolute atomic E-state index is 2.08. The van der Waals surface area contributed by atoms with E-state index in [2.05, 4.69) is 38.1 Å². The molecule has 0 aliphatic rings. The van der Waals surface area contributed by atoms with Crippen molar-refractivity contribution in [2.45, 2.75) is 41.5 Å². The van der Waals surface area contributed by atoms with Crippen molar-refractivity contribution < 1.29 is 0 Å². The Labute approximate surface area is 150 Å². The van der Waals surface area contributed by atoms with Crippen LogP contribution in [0.4, 0.5) is 0 Å². The van der Waals surface area contributed by atoms with Crippen molar-refractivity contribution in [2.24, 2.45) is 0 Å². The molecule has 24 heavy (non-hydrogen) atoms. The zero-order chi connectivity index (χ0) is 18.5. The van der Waals surface area contributed by atoms with Crippen LogP contribution in [0.5, 0.6) is 0 Å². The molecule has 3 aromatic carbocycles. The van der Waals surface area contributed by atoms with E-state index < -0.39 is 0 Å². The first kappa shape index (κ1) is 23.9. The highest BCUT2D eigenvalue weighted by Crippen LogP contribution is 1.92. The van der Waals surface area contributed by atoms with Crippen molar-refractivity contribution in [1.29, 1.82) is 0 Å². The minimum atomic E-state index is 1.32. The second-order valence-corrected chi connectivity index (χ2v) is 4.46. The molecule has 0 N–H and O–H groups in total. The van der Waals surface area contributed by atoms with Crippen molar-refractivity contribution in [1.82, 2.24) is 0 Å². The largest absolute Gasteiger partial charge is 0.0683 e. The van der Waals surface area contributed by atoms with Crippen LogP contribution in [0.25, 0.3) is 0 Å². The fourth-order valence-electron chi connectivity index (χ4n) is 1.45. The maximum atomic E-state index is 2.08. The lowest BCUT2D eigenvalue weighted by molar-refractivity contribution is 1.48. The molecule has 3 aromatic rings. The highest BCUT2D eigenvalue weighted by molar-refractivity contribution is 5.12. The molecule has 0 spiro atoms. The van der Waals surface area contributed by atoms with Gasteiger partial charge in [-0.05, 0) is 13.8 Å². The second kappa shape index (κ2) is 20.7. The van der Waals surface area contributed by atoms with Gasteiger partial charge in [-0.3, -0.25) is 0 Å². The Morgan fingerprint density at radius 2 is 0.500 bits per heavy atom. The summed E-state index contributed by atoms with van der Waals surface area (Å²) in [5, 5.41) is 0. The number of benzene rings is 3. The van der Waals surface area contributed by atoms with E-state index in [9.17, 15) is 0 Å². The summed E-state index contributed by atoms with van der Waals surface area (Å²) in [6, 6.07) is 32.5. The Morgan fingerprint density at radius 1 is 0.333 bits per heavy atom. The van der Waals surface area contributed by atoms with E-state index >= 15 is 0 Å². The van der Waals surface area contributed by atoms with Crippen molar-refractivity contribution >= 4 is 0 Å². The molecule has 0 radical (unpaired) electrons. The minimum Gasteiger partial charge on any atom is -0.0683 e. The summed E-state index contributed by atoms with van der Waals surface area (Å²) in [6.45, 7) is 12.2. The summed E-state index contributed by atoms with van der Waals surface area (Å²) in [6.07, 6.45) is 0. The van der Waals surface area contributed by atoms with E-state index in [-0.39, 0.29) is 0 Å². The lowest BCUT2D eigenvalue weighted by Gasteiger charge is -1.82. The van der Waals surface area contributed by atoms with Crippen LogP contribution in [-0.4, -0.2) is 0 Å². The Bertz CT molecular complexity index is 463. The third-order valence-electron chi connectivity index (χ3n) is 2.55. The van der Waals surface area contributed by atoms with Crippen molar-refractivity contribution in [3.8, 4) is 0 Å². The molecule has 3 rings (SSSR count). The van der Waals surface area contributed by atoms with Gasteiger partial charge in [0.15, 0.2) is 0 Å². The van der Waals surface area contributed by atoms with Gasteiger partial charge in [-0.1, -0.05) is 136 Å². The molecule has 0 saturated heterocycles. The molecule has 0 aromatic heterocycles. The fraction of sp³-hybridized carbons (Fsp3) is 0.250. The Balaban J connectivity index is 0. The first-order chi connectivity index (χ1) is 11.8. The zero-order valence-electron chi connectivity index (χ0n) is 16.2. The first-order valence-electron chi connectivity index (χ1n) is 8.82. The van der Waals surface area contributed by atoms with Crippen molar-refractivity contribution in [2.75, 3.05) is 0 Å². The van der Waals surface area contributed by atoms with E-state index in [1.165, 1.54) is 11.1 Å². The normalized spacial score (nSPS) is 7.58. The fourth-order valence-corrected chi connectivity index (χ4v) is 1.45. The van der Waals surface area contributed by atoms with Gasteiger partial charge >= 0.3 is 0 Å². The summed E-state index contributed by atoms with van der Waals surface area (Å²) < 4.78 is 0. The molecule has 0 heteroatoms. The Morgan fingerprint density at radius 3 is 0.625 bits per heavy atom. The van der Waals surface area contributed by atoms with Crippen LogP contribution in [0.15, 0.2) is 97.1 Å². The van der Waals surface area contributed by atoms with Crippen LogP contribution in [0, 0.1) is 13.8 Å². The molecule has 0 aliphatic carbocycles. The van der Waals surface area contributed by atoms with Gasteiger partial charge in [0.05, 0.1) is 0 Å². The lowest BCUT2D eigenvalue weighted by atomic mass is 10.2. The van der Waals surface area contributed by atoms with Gasteiger partial charge in [-0.15, -0.1) is 0 Å². The molecule has 0 atom stereocenters. The van der Waals surface area contributed by atoms with Crippen LogP contribution in [0.3, 0.4) is 0 Å². The number of hydrogen-bond donors (Lipinski definition) is 0. The summed E-state index contributed by atoms with van der Waals surface area (Å²) >= 11 is 0. The molecular formula is C24H34. The van der Waals surface area contributed by atoms with Gasteiger partial charge < -0.3 is 0 Å². The van der Waals surface area contributed by atoms with Crippen LogP contribution in [-0.2, 0) is 0 Å². The minimum absolute atomic E-state index is 1.32. The predicted octanol–water partition coefficient (Wildman–Crippen LogP) is 7.73. The third kappa shape index (κ3) is 17.7. The van der Waals surface area contributed by atoms with Crippen LogP contribution < -0.4 is 0 Å². The van der Waals surface area contributed by atoms with Gasteiger partial charge in [0, 0.05) is 0 Å². The molecule has 0 unspecified atom stereocenters. The standard InChI is InChI=1S/2C7H8.C6H6.2C2H6/c2*1-7-5-3-2-4-6-7;1-2-4-6-5-3-1;2*1-2/h2*2-6H,1H3;1-6H;2*1-2H3. The molecule has 0 saturated carbocycles. The average molecular weight is 323 g/mol. The van der Waals surface area contributed by atoms with E-state index in [1.807, 2.05) is 100 Å². The monoisotopic (exact) mass is 322 g/mol. The van der Waals surface area contributed by atoms with E-state index in [4.69, 9.17) is 0 Å². The quantitative estimate of drug-likeness (QED) is 0.397. The molecule has 130 valence electrons. The maximum Gasteiger partial charge on any atom is -0.0398 e. The van der Waals surface area contributed by atoms with Gasteiger partial charge in [-0.25, -0.2) is 0 Å². The zero-order valence-corrected chi connectivity index (χ0v) is 16.2. The molecule has 0 heterocycles. The summed E-state index contributed by atoms with van der Waals surface area (Å²) in [7, 11) is 0. The molecule has 0 fully saturated rings. The van der Waals surface area contributed by atoms with Crippen LogP contribution >= 0.6 is 0 Å². The SMILES string of the molecule is CC.CC.Cc1ccccc1.Cc1ccccc1.c1ccccc1. The Kier molecular flexibility index (Phi) is 20.6. The highest BCUT2D eigenvalue weighted by atomic mass is 13.8. The first-order valence-corrected chi connectivity index (χ1v) is 8.82. The third-order valence-corrected chi connectivity index (χ3v) is 2.55. The molecule has 0 nitrogen and oxygen atoms in total. The van der Waals surface area contributed by atoms with E-state index in [0.717, 1.165) is 0 Å². The smallest absolute Gasteiger partial charge is 0.0398 e. The van der Waals surface area contributed by atoms with Gasteiger partial charge in [0.25, 0.3) is 0 Å². The Hall–Kier alpha value is -2.34. The molecular weight excluding hydrogens is 288 g/mol. The van der Waals surface area contributed by atoms with Gasteiger partial charge in [0.1, 0.15) is 0 Å². The summed E-state index contributed by atoms with van der Waals surface area (Å²) in [5.74, 6) is 0. The average Bonchev–Trinajstić information content (AvgIpc) is 2.69. The van der Waals surface area contributed by atoms with Gasteiger partial charge in [-0.2, -0.15) is 0 Å². The predicted molar refractivity (Wildman–Crippen MR) is 111 cm³/mol. The second-order valence-electron chi connectivity index (χ2n) is 4.46. The number of rotatable bonds is 0. The molecule has 0 aliphatic heterocycles. The van der Waals surface area contributed by atoms with E-state index in [0.29, 0.717) is 0 Å². The highest BCUT2D eigenvalue weighted by Gasteiger charge is 1.72. The van der Waals surface area contributed by atoms with Crippen LogP contribution in [0.1, 0.15) is 38.8 Å². The van der Waals surface area contributed by atoms with Crippen molar-refractivity contribution in [3.63, 3.8) is 0 Å². The molecule has 0 bridgehead atoms. The number of hydrogen-bond acceptors (Lipinski definition) is 0. The van der Waals surface area contributed by atoms with Crippen molar-refractivity contribution in [3.05, 3.63) is 108 Å². The lowest BCUT2D eigenvalue weighted by Crippen LogP contribution is -1.62. The van der Waals surface area contributed by atoms with Crippen LogP contribution in [0.2, 0.25) is 0 Å². The van der Waals surface area contributed by atoms with Gasteiger partial charge in [0.2, 0.25) is 0 Å². The number of aryl methyl sites for hydroxylation is 2. The van der Waals surface area contributed by atoms with E-state index in [1.54, 1.807) is 0 Å². The summed E-state index contributed by atoms with van der Waals surface area (Å²) in [4.78, 5) is 0. The topological polar surface area (TPSA) is 0 Å². The molecule has 0 amide bonds.